The van der Waals surface area contributed by atoms with E-state index in [0.29, 0.717) is 37.1 Å². The van der Waals surface area contributed by atoms with Crippen LogP contribution in [-0.4, -0.2) is 35.1 Å². The summed E-state index contributed by atoms with van der Waals surface area (Å²) < 4.78 is 5.55. The molecule has 122 valence electrons. The SMILES string of the molecule is Nc1nc(CCC(=O)N[C@H]2COC[C@H]2Cc2ccncc2)cs1. The van der Waals surface area contributed by atoms with Gasteiger partial charge in [0, 0.05) is 30.1 Å². The van der Waals surface area contributed by atoms with Gasteiger partial charge in [-0.15, -0.1) is 11.3 Å². The summed E-state index contributed by atoms with van der Waals surface area (Å²) in [7, 11) is 0. The number of nitrogen functional groups attached to an aromatic ring is 1. The van der Waals surface area contributed by atoms with Crippen LogP contribution >= 0.6 is 11.3 Å². The smallest absolute Gasteiger partial charge is 0.220 e. The first kappa shape index (κ1) is 15.9. The second-order valence-corrected chi connectivity index (χ2v) is 6.60. The highest BCUT2D eigenvalue weighted by Crippen LogP contribution is 2.19. The lowest BCUT2D eigenvalue weighted by Crippen LogP contribution is -2.40. The molecule has 2 aromatic rings. The Morgan fingerprint density at radius 3 is 2.96 bits per heavy atom. The lowest BCUT2D eigenvalue weighted by Gasteiger charge is -2.19. The number of rotatable bonds is 6. The van der Waals surface area contributed by atoms with E-state index in [4.69, 9.17) is 10.5 Å². The molecule has 1 aliphatic heterocycles. The quantitative estimate of drug-likeness (QED) is 0.835. The molecular formula is C16H20N4O2S. The molecule has 23 heavy (non-hydrogen) atoms. The zero-order valence-corrected chi connectivity index (χ0v) is 13.6. The minimum absolute atomic E-state index is 0.0341. The second kappa shape index (κ2) is 7.52. The van der Waals surface area contributed by atoms with Crippen molar-refractivity contribution in [2.24, 2.45) is 5.92 Å². The number of thiazole rings is 1. The van der Waals surface area contributed by atoms with Crippen LogP contribution in [0.4, 0.5) is 5.13 Å². The maximum atomic E-state index is 12.1. The fourth-order valence-electron chi connectivity index (χ4n) is 2.74. The van der Waals surface area contributed by atoms with E-state index in [1.807, 2.05) is 17.5 Å². The number of ether oxygens (including phenoxy) is 1. The predicted molar refractivity (Wildman–Crippen MR) is 89.0 cm³/mol. The van der Waals surface area contributed by atoms with Gasteiger partial charge in [-0.1, -0.05) is 0 Å². The van der Waals surface area contributed by atoms with Gasteiger partial charge in [0.2, 0.25) is 5.91 Å². The normalized spacial score (nSPS) is 20.5. The van der Waals surface area contributed by atoms with Gasteiger partial charge in [0.25, 0.3) is 0 Å². The van der Waals surface area contributed by atoms with E-state index in [2.05, 4.69) is 15.3 Å². The summed E-state index contributed by atoms with van der Waals surface area (Å²) in [5.41, 5.74) is 7.68. The van der Waals surface area contributed by atoms with Crippen LogP contribution < -0.4 is 11.1 Å². The standard InChI is InChI=1S/C16H20N4O2S/c17-16-19-13(10-23-16)1-2-15(21)20-14-9-22-8-12(14)7-11-3-5-18-6-4-11/h3-6,10,12,14H,1-2,7-9H2,(H2,17,19)(H,20,21)/t12-,14+/m1/s1. The van der Waals surface area contributed by atoms with Crippen molar-refractivity contribution in [1.82, 2.24) is 15.3 Å². The van der Waals surface area contributed by atoms with Gasteiger partial charge in [0.05, 0.1) is 24.9 Å². The zero-order chi connectivity index (χ0) is 16.1. The molecule has 3 N–H and O–H groups in total. The van der Waals surface area contributed by atoms with E-state index in [1.165, 1.54) is 16.9 Å². The number of amides is 1. The Bertz CT molecular complexity index is 647. The highest BCUT2D eigenvalue weighted by Gasteiger charge is 2.29. The Kier molecular flexibility index (Phi) is 5.19. The third kappa shape index (κ3) is 4.49. The molecule has 0 spiro atoms. The molecule has 3 rings (SSSR count). The molecular weight excluding hydrogens is 312 g/mol. The van der Waals surface area contributed by atoms with E-state index in [-0.39, 0.29) is 11.9 Å². The molecule has 1 fully saturated rings. The third-order valence-electron chi connectivity index (χ3n) is 3.97. The summed E-state index contributed by atoms with van der Waals surface area (Å²) in [5, 5.41) is 5.53. The van der Waals surface area contributed by atoms with E-state index in [1.54, 1.807) is 12.4 Å². The van der Waals surface area contributed by atoms with Gasteiger partial charge in [0.1, 0.15) is 0 Å². The van der Waals surface area contributed by atoms with Crippen LogP contribution in [0.5, 0.6) is 0 Å². The van der Waals surface area contributed by atoms with Gasteiger partial charge in [-0.05, 0) is 30.5 Å². The van der Waals surface area contributed by atoms with E-state index < -0.39 is 0 Å². The number of hydrogen-bond donors (Lipinski definition) is 2. The number of anilines is 1. The van der Waals surface area contributed by atoms with Gasteiger partial charge in [-0.25, -0.2) is 4.98 Å². The summed E-state index contributed by atoms with van der Waals surface area (Å²) >= 11 is 1.40. The second-order valence-electron chi connectivity index (χ2n) is 5.71. The summed E-state index contributed by atoms with van der Waals surface area (Å²) in [6.45, 7) is 1.25. The molecule has 0 radical (unpaired) electrons. The summed E-state index contributed by atoms with van der Waals surface area (Å²) in [6, 6.07) is 4.07. The van der Waals surface area contributed by atoms with Crippen LogP contribution in [0.15, 0.2) is 29.9 Å². The largest absolute Gasteiger partial charge is 0.379 e. The van der Waals surface area contributed by atoms with Crippen LogP contribution in [0.1, 0.15) is 17.7 Å². The minimum atomic E-state index is 0.0341. The van der Waals surface area contributed by atoms with Crippen molar-refractivity contribution in [3.63, 3.8) is 0 Å². The Hall–Kier alpha value is -1.99. The predicted octanol–water partition coefficient (Wildman–Crippen LogP) is 1.43. The number of aryl methyl sites for hydroxylation is 1. The first-order valence-corrected chi connectivity index (χ1v) is 8.54. The van der Waals surface area contributed by atoms with E-state index in [9.17, 15) is 4.79 Å². The monoisotopic (exact) mass is 332 g/mol. The average molecular weight is 332 g/mol. The number of carbonyl (C=O) groups is 1. The molecule has 7 heteroatoms. The Labute approximate surface area is 139 Å². The van der Waals surface area contributed by atoms with E-state index in [0.717, 1.165) is 12.1 Å². The Balaban J connectivity index is 1.48. The number of nitrogens with zero attached hydrogens (tertiary/aromatic N) is 2. The van der Waals surface area contributed by atoms with Crippen molar-refractivity contribution >= 4 is 22.4 Å². The van der Waals surface area contributed by atoms with Gasteiger partial charge >= 0.3 is 0 Å². The number of aromatic nitrogens is 2. The lowest BCUT2D eigenvalue weighted by atomic mass is 9.95. The minimum Gasteiger partial charge on any atom is -0.379 e. The number of carbonyl (C=O) groups excluding carboxylic acids is 1. The van der Waals surface area contributed by atoms with Crippen LogP contribution in [-0.2, 0) is 22.4 Å². The molecule has 3 heterocycles. The van der Waals surface area contributed by atoms with Crippen LogP contribution in [0, 0.1) is 5.92 Å². The molecule has 1 saturated heterocycles. The number of hydrogen-bond acceptors (Lipinski definition) is 6. The maximum Gasteiger partial charge on any atom is 0.220 e. The number of pyridine rings is 1. The highest BCUT2D eigenvalue weighted by molar-refractivity contribution is 7.13. The van der Waals surface area contributed by atoms with Gasteiger partial charge < -0.3 is 15.8 Å². The Morgan fingerprint density at radius 1 is 1.39 bits per heavy atom. The number of nitrogens with two attached hydrogens (primary N) is 1. The summed E-state index contributed by atoms with van der Waals surface area (Å²) in [6.07, 6.45) is 5.50. The van der Waals surface area contributed by atoms with Crippen LogP contribution in [0.25, 0.3) is 0 Å². The summed E-state index contributed by atoms with van der Waals surface area (Å²) in [5.74, 6) is 0.336. The number of nitrogens with one attached hydrogen (secondary N) is 1. The molecule has 1 amide bonds. The average Bonchev–Trinajstić information content (AvgIpc) is 3.16. The van der Waals surface area contributed by atoms with Crippen molar-refractivity contribution in [2.45, 2.75) is 25.3 Å². The molecule has 0 aliphatic carbocycles. The first-order valence-electron chi connectivity index (χ1n) is 7.66. The van der Waals surface area contributed by atoms with Crippen LogP contribution in [0.3, 0.4) is 0 Å². The van der Waals surface area contributed by atoms with Crippen molar-refractivity contribution in [1.29, 1.82) is 0 Å². The maximum absolute atomic E-state index is 12.1. The molecule has 0 bridgehead atoms. The van der Waals surface area contributed by atoms with Crippen molar-refractivity contribution in [3.05, 3.63) is 41.2 Å². The van der Waals surface area contributed by atoms with Gasteiger partial charge in [0.15, 0.2) is 5.13 Å². The Morgan fingerprint density at radius 2 is 2.22 bits per heavy atom. The topological polar surface area (TPSA) is 90.1 Å². The lowest BCUT2D eigenvalue weighted by molar-refractivity contribution is -0.122. The third-order valence-corrected chi connectivity index (χ3v) is 4.69. The van der Waals surface area contributed by atoms with Crippen molar-refractivity contribution in [3.8, 4) is 0 Å². The molecule has 1 aliphatic rings. The summed E-state index contributed by atoms with van der Waals surface area (Å²) in [4.78, 5) is 20.3. The first-order chi connectivity index (χ1) is 11.2. The molecule has 6 nitrogen and oxygen atoms in total. The zero-order valence-electron chi connectivity index (χ0n) is 12.8. The van der Waals surface area contributed by atoms with Gasteiger partial charge in [-0.3, -0.25) is 9.78 Å². The molecule has 2 aromatic heterocycles. The van der Waals surface area contributed by atoms with Crippen molar-refractivity contribution in [2.75, 3.05) is 18.9 Å². The fraction of sp³-hybridized carbons (Fsp3) is 0.438. The molecule has 0 saturated carbocycles. The van der Waals surface area contributed by atoms with Crippen LogP contribution in [0.2, 0.25) is 0 Å². The van der Waals surface area contributed by atoms with Gasteiger partial charge in [-0.2, -0.15) is 0 Å². The van der Waals surface area contributed by atoms with E-state index >= 15 is 0 Å². The molecule has 0 aromatic carbocycles. The highest BCUT2D eigenvalue weighted by atomic mass is 32.1. The molecule has 0 unspecified atom stereocenters. The van der Waals surface area contributed by atoms with Crippen molar-refractivity contribution < 1.29 is 9.53 Å². The fourth-order valence-corrected chi connectivity index (χ4v) is 3.34. The molecule has 2 atom stereocenters.